The van der Waals surface area contributed by atoms with Crippen molar-refractivity contribution in [1.29, 1.82) is 0 Å². The zero-order chi connectivity index (χ0) is 34.5. The minimum Gasteiger partial charge on any atom is -0.469 e. The fourth-order valence-electron chi connectivity index (χ4n) is 5.55. The van der Waals surface area contributed by atoms with Gasteiger partial charge in [0, 0.05) is 47.7 Å². The number of methoxy groups -OCH3 is 1. The number of likely N-dealkylation sites (tertiary alicyclic amines) is 1. The monoisotopic (exact) mass is 718 g/mol. The fraction of sp³-hybridized carbons (Fsp3) is 0.485. The molecule has 2 aliphatic heterocycles. The smallest absolute Gasteiger partial charge is 0.442 e. The molecular weight excluding hydrogens is 679 g/mol. The van der Waals surface area contributed by atoms with Gasteiger partial charge in [-0.3, -0.25) is 9.69 Å². The highest BCUT2D eigenvalue weighted by molar-refractivity contribution is 7.94. The van der Waals surface area contributed by atoms with E-state index >= 15 is 0 Å². The molecule has 48 heavy (non-hydrogen) atoms. The van der Waals surface area contributed by atoms with E-state index in [1.165, 1.54) is 7.11 Å². The molecule has 0 saturated carbocycles. The molecule has 2 aromatic heterocycles. The number of nitrogens with zero attached hydrogens (tertiary/aromatic N) is 6. The molecule has 2 fully saturated rings. The lowest BCUT2D eigenvalue weighted by Crippen LogP contribution is -2.41. The third kappa shape index (κ3) is 10.2. The normalized spacial score (nSPS) is 17.1. The number of esters is 1. The third-order valence-corrected chi connectivity index (χ3v) is 10.5. The molecule has 0 aliphatic carbocycles. The predicted octanol–water partition coefficient (Wildman–Crippen LogP) is 6.64. The van der Waals surface area contributed by atoms with E-state index in [9.17, 15) is 13.8 Å². The maximum atomic E-state index is 13.1. The Kier molecular flexibility index (Phi) is 11.4. The van der Waals surface area contributed by atoms with Crippen molar-refractivity contribution in [3.63, 3.8) is 0 Å². The summed E-state index contributed by atoms with van der Waals surface area (Å²) in [7, 11) is -1.30. The maximum absolute atomic E-state index is 13.1. The average molecular weight is 720 g/mol. The van der Waals surface area contributed by atoms with Crippen molar-refractivity contribution in [2.75, 3.05) is 49.7 Å². The van der Waals surface area contributed by atoms with Gasteiger partial charge in [0.05, 0.1) is 46.4 Å². The molecule has 258 valence electrons. The van der Waals surface area contributed by atoms with Crippen molar-refractivity contribution in [3.8, 4) is 22.9 Å². The van der Waals surface area contributed by atoms with Gasteiger partial charge < -0.3 is 19.1 Å². The first kappa shape index (κ1) is 35.8. The summed E-state index contributed by atoms with van der Waals surface area (Å²) in [6.07, 6.45) is 4.59. The Morgan fingerprint density at radius 2 is 1.62 bits per heavy atom. The molecule has 1 amide bonds. The zero-order valence-electron chi connectivity index (χ0n) is 27.5. The van der Waals surface area contributed by atoms with Crippen molar-refractivity contribution >= 4 is 50.9 Å². The molecule has 0 unspecified atom stereocenters. The highest BCUT2D eigenvalue weighted by Gasteiger charge is 2.26. The molecule has 0 atom stereocenters. The van der Waals surface area contributed by atoms with Crippen molar-refractivity contribution in [2.45, 2.75) is 52.2 Å². The number of halogens is 2. The van der Waals surface area contributed by atoms with Crippen LogP contribution in [0.15, 0.2) is 47.1 Å². The summed E-state index contributed by atoms with van der Waals surface area (Å²) in [6, 6.07) is 9.16. The highest BCUT2D eigenvalue weighted by Crippen LogP contribution is 2.31. The van der Waals surface area contributed by atoms with Gasteiger partial charge in [0.1, 0.15) is 5.60 Å². The molecular formula is C33H40Cl2N6O6S. The molecule has 0 radical (unpaired) electrons. The Balaban J connectivity index is 1.28. The maximum Gasteiger partial charge on any atom is 0.442 e. The van der Waals surface area contributed by atoms with Crippen molar-refractivity contribution in [2.24, 2.45) is 10.3 Å². The lowest BCUT2D eigenvalue weighted by molar-refractivity contribution is -0.142. The third-order valence-electron chi connectivity index (χ3n) is 7.93. The Bertz CT molecular complexity index is 1720. The van der Waals surface area contributed by atoms with E-state index in [4.69, 9.17) is 42.4 Å². The Hall–Kier alpha value is -3.52. The first-order valence-electron chi connectivity index (χ1n) is 15.7. The first-order chi connectivity index (χ1) is 22.8. The SMILES string of the molecule is COC(=O)CC1CCN(Cc2cc(Oc3cnc(N4CCS(=O)(=NC(=O)OC(C)(C)C)CC4)nc3)nc(-c3cc(Cl)cc(Cl)c3)c2)CC1. The minimum absolute atomic E-state index is 0.168. The van der Waals surface area contributed by atoms with Gasteiger partial charge in [0.15, 0.2) is 5.75 Å². The number of rotatable bonds is 8. The number of benzene rings is 1. The summed E-state index contributed by atoms with van der Waals surface area (Å²) < 4.78 is 33.2. The van der Waals surface area contributed by atoms with E-state index in [1.54, 1.807) is 51.4 Å². The summed E-state index contributed by atoms with van der Waals surface area (Å²) >= 11 is 12.6. The summed E-state index contributed by atoms with van der Waals surface area (Å²) in [5.74, 6) is 1.75. The van der Waals surface area contributed by atoms with Gasteiger partial charge in [-0.15, -0.1) is 4.36 Å². The van der Waals surface area contributed by atoms with Crippen LogP contribution in [0.1, 0.15) is 45.6 Å². The van der Waals surface area contributed by atoms with Gasteiger partial charge in [0.2, 0.25) is 11.8 Å². The molecule has 0 N–H and O–H groups in total. The lowest BCUT2D eigenvalue weighted by atomic mass is 9.93. The lowest BCUT2D eigenvalue weighted by Gasteiger charge is -2.31. The number of aromatic nitrogens is 3. The molecule has 2 aliphatic rings. The minimum atomic E-state index is -2.73. The average Bonchev–Trinajstić information content (AvgIpc) is 3.01. The number of piperidine rings is 1. The Morgan fingerprint density at radius 1 is 0.979 bits per heavy atom. The van der Waals surface area contributed by atoms with Crippen molar-refractivity contribution in [1.82, 2.24) is 19.9 Å². The molecule has 4 heterocycles. The highest BCUT2D eigenvalue weighted by atomic mass is 35.5. The summed E-state index contributed by atoms with van der Waals surface area (Å²) in [5.41, 5.74) is 1.69. The van der Waals surface area contributed by atoms with Gasteiger partial charge in [-0.25, -0.2) is 24.0 Å². The number of carbonyl (C=O) groups excluding carboxylic acids is 2. The van der Waals surface area contributed by atoms with Crippen LogP contribution in [-0.4, -0.2) is 86.5 Å². The van der Waals surface area contributed by atoms with Crippen LogP contribution in [-0.2, 0) is 30.5 Å². The van der Waals surface area contributed by atoms with E-state index in [2.05, 4.69) is 19.2 Å². The topological polar surface area (TPSA) is 136 Å². The molecule has 15 heteroatoms. The number of hydrogen-bond acceptors (Lipinski definition) is 11. The standard InChI is InChI=1S/C33H40Cl2N6O6S/c1-33(2,3)47-32(43)39-48(44)11-9-41(10-12-48)31-36-19-27(20-37-31)46-29-14-23(13-28(38-29)24-16-25(34)18-26(35)17-24)21-40-7-5-22(6-8-40)15-30(42)45-4/h13-14,16-20,22H,5-12,15,21H2,1-4H3. The molecule has 12 nitrogen and oxygen atoms in total. The second-order valence-electron chi connectivity index (χ2n) is 12.9. The van der Waals surface area contributed by atoms with Crippen LogP contribution in [0.3, 0.4) is 0 Å². The number of ether oxygens (including phenoxy) is 3. The van der Waals surface area contributed by atoms with Gasteiger partial charge in [-0.05, 0) is 82.4 Å². The molecule has 0 bridgehead atoms. The molecule has 0 spiro atoms. The zero-order valence-corrected chi connectivity index (χ0v) is 29.8. The Labute approximate surface area is 291 Å². The number of carbonyl (C=O) groups is 2. The van der Waals surface area contributed by atoms with Crippen LogP contribution in [0.2, 0.25) is 10.0 Å². The van der Waals surface area contributed by atoms with Gasteiger partial charge in [0.25, 0.3) is 0 Å². The van der Waals surface area contributed by atoms with E-state index in [-0.39, 0.29) is 17.5 Å². The molecule has 2 saturated heterocycles. The van der Waals surface area contributed by atoms with Crippen LogP contribution in [0.5, 0.6) is 11.6 Å². The van der Waals surface area contributed by atoms with Crippen LogP contribution in [0.25, 0.3) is 11.3 Å². The molecule has 5 rings (SSSR count). The van der Waals surface area contributed by atoms with Crippen LogP contribution >= 0.6 is 23.2 Å². The second kappa shape index (κ2) is 15.4. The van der Waals surface area contributed by atoms with Gasteiger partial charge in [-0.1, -0.05) is 23.2 Å². The largest absolute Gasteiger partial charge is 0.469 e. The quantitative estimate of drug-likeness (QED) is 0.232. The van der Waals surface area contributed by atoms with E-state index in [1.807, 2.05) is 17.0 Å². The first-order valence-corrected chi connectivity index (χ1v) is 18.3. The van der Waals surface area contributed by atoms with Gasteiger partial charge >= 0.3 is 12.1 Å². The number of hydrogen-bond donors (Lipinski definition) is 0. The summed E-state index contributed by atoms with van der Waals surface area (Å²) in [5, 5.41) is 0.992. The van der Waals surface area contributed by atoms with Crippen LogP contribution in [0, 0.1) is 5.92 Å². The predicted molar refractivity (Wildman–Crippen MR) is 185 cm³/mol. The van der Waals surface area contributed by atoms with Crippen molar-refractivity contribution in [3.05, 3.63) is 58.3 Å². The molecule has 3 aromatic rings. The second-order valence-corrected chi connectivity index (χ2v) is 16.3. The Morgan fingerprint density at radius 3 is 2.23 bits per heavy atom. The van der Waals surface area contributed by atoms with Crippen molar-refractivity contribution < 1.29 is 28.0 Å². The van der Waals surface area contributed by atoms with Gasteiger partial charge in [-0.2, -0.15) is 0 Å². The van der Waals surface area contributed by atoms with Crippen LogP contribution < -0.4 is 9.64 Å². The van der Waals surface area contributed by atoms with E-state index in [0.717, 1.165) is 37.1 Å². The number of anilines is 1. The summed E-state index contributed by atoms with van der Waals surface area (Å²) in [6.45, 7) is 8.34. The number of pyridine rings is 1. The summed E-state index contributed by atoms with van der Waals surface area (Å²) in [4.78, 5) is 41.8. The molecule has 1 aromatic carbocycles. The van der Waals surface area contributed by atoms with E-state index in [0.29, 0.717) is 65.3 Å². The van der Waals surface area contributed by atoms with Crippen LogP contribution in [0.4, 0.5) is 10.7 Å². The number of amides is 1. The fourth-order valence-corrected chi connectivity index (χ4v) is 7.78. The van der Waals surface area contributed by atoms with E-state index < -0.39 is 21.4 Å².